The highest BCUT2D eigenvalue weighted by Crippen LogP contribution is 2.32. The topological polar surface area (TPSA) is 0 Å². The van der Waals surface area contributed by atoms with E-state index in [1.165, 1.54) is 32.1 Å². The molecule has 0 heteroatoms. The smallest absolute Gasteiger partial charge is 0.0328 e. The van der Waals surface area contributed by atoms with Gasteiger partial charge in [-0.1, -0.05) is 67.7 Å². The molecule has 0 fully saturated rings. The summed E-state index contributed by atoms with van der Waals surface area (Å²) < 4.78 is 0. The molecule has 0 aromatic rings. The zero-order valence-electron chi connectivity index (χ0n) is 13.3. The van der Waals surface area contributed by atoms with E-state index in [1.807, 2.05) is 0 Å². The molecule has 0 aliphatic carbocycles. The monoisotopic (exact) mass is 239 g/mol. The van der Waals surface area contributed by atoms with Crippen molar-refractivity contribution in [1.29, 1.82) is 0 Å². The highest BCUT2D eigenvalue weighted by atomic mass is 14.3. The van der Waals surface area contributed by atoms with E-state index in [-0.39, 0.29) is 0 Å². The van der Waals surface area contributed by atoms with Gasteiger partial charge < -0.3 is 0 Å². The van der Waals surface area contributed by atoms with Crippen molar-refractivity contribution in [3.63, 3.8) is 0 Å². The summed E-state index contributed by atoms with van der Waals surface area (Å²) in [6, 6.07) is 0. The highest BCUT2D eigenvalue weighted by Gasteiger charge is 2.21. The molecular formula is C17H35. The fraction of sp³-hybridized carbons (Fsp3) is 0.941. The molecular weight excluding hydrogens is 204 g/mol. The Hall–Kier alpha value is 0. The van der Waals surface area contributed by atoms with Crippen molar-refractivity contribution >= 4 is 0 Å². The van der Waals surface area contributed by atoms with Crippen molar-refractivity contribution < 1.29 is 0 Å². The molecule has 0 saturated carbocycles. The molecule has 0 N–H and O–H groups in total. The van der Waals surface area contributed by atoms with Crippen LogP contribution in [0.25, 0.3) is 0 Å². The van der Waals surface area contributed by atoms with E-state index >= 15 is 0 Å². The van der Waals surface area contributed by atoms with Crippen molar-refractivity contribution in [1.82, 2.24) is 0 Å². The Balaban J connectivity index is 3.78. The lowest BCUT2D eigenvalue weighted by Gasteiger charge is -2.29. The maximum absolute atomic E-state index is 2.53. The van der Waals surface area contributed by atoms with Crippen LogP contribution in [-0.4, -0.2) is 0 Å². The van der Waals surface area contributed by atoms with E-state index in [2.05, 4.69) is 54.9 Å². The van der Waals surface area contributed by atoms with Crippen molar-refractivity contribution in [3.05, 3.63) is 6.42 Å². The molecule has 0 rings (SSSR count). The molecule has 103 valence electrons. The van der Waals surface area contributed by atoms with Gasteiger partial charge in [-0.05, 0) is 42.4 Å². The Morgan fingerprint density at radius 1 is 1.00 bits per heavy atom. The molecule has 0 saturated heterocycles. The van der Waals surface area contributed by atoms with Gasteiger partial charge in [0.05, 0.1) is 0 Å². The minimum absolute atomic E-state index is 0.470. The predicted molar refractivity (Wildman–Crippen MR) is 80.0 cm³/mol. The van der Waals surface area contributed by atoms with Gasteiger partial charge in [-0.25, -0.2) is 0 Å². The van der Waals surface area contributed by atoms with Crippen LogP contribution in [0.3, 0.4) is 0 Å². The van der Waals surface area contributed by atoms with Crippen LogP contribution in [0.4, 0.5) is 0 Å². The summed E-state index contributed by atoms with van der Waals surface area (Å²) in [5, 5.41) is 0. The van der Waals surface area contributed by atoms with Crippen molar-refractivity contribution in [3.8, 4) is 0 Å². The number of unbranched alkanes of at least 4 members (excludes halogenated alkanes) is 1. The molecule has 0 aromatic heterocycles. The first kappa shape index (κ1) is 17.0. The Labute approximate surface area is 111 Å². The van der Waals surface area contributed by atoms with Crippen LogP contribution >= 0.6 is 0 Å². The van der Waals surface area contributed by atoms with Gasteiger partial charge in [-0.3, -0.25) is 0 Å². The molecule has 0 aliphatic heterocycles. The van der Waals surface area contributed by atoms with Crippen LogP contribution in [0.2, 0.25) is 0 Å². The average Bonchev–Trinajstić information content (AvgIpc) is 2.26. The molecule has 0 aliphatic rings. The molecule has 0 nitrogen and oxygen atoms in total. The SMILES string of the molecule is CCC(CC)C(C)CC[CH]CC(C)(C)C(C)C. The Morgan fingerprint density at radius 2 is 1.53 bits per heavy atom. The van der Waals surface area contributed by atoms with Gasteiger partial charge in [-0.15, -0.1) is 0 Å². The minimum Gasteiger partial charge on any atom is -0.0651 e. The summed E-state index contributed by atoms with van der Waals surface area (Å²) in [5.74, 6) is 2.60. The van der Waals surface area contributed by atoms with E-state index in [9.17, 15) is 0 Å². The zero-order chi connectivity index (χ0) is 13.5. The highest BCUT2D eigenvalue weighted by molar-refractivity contribution is 4.81. The molecule has 0 bridgehead atoms. The summed E-state index contributed by atoms with van der Waals surface area (Å²) in [5.41, 5.74) is 0.470. The standard InChI is InChI=1S/C17H35/c1-8-16(9-2)15(5)12-10-11-13-17(6,7)14(3)4/h11,14-16H,8-10,12-13H2,1-7H3. The molecule has 17 heavy (non-hydrogen) atoms. The van der Waals surface area contributed by atoms with Crippen LogP contribution in [0.15, 0.2) is 0 Å². The summed E-state index contributed by atoms with van der Waals surface area (Å²) >= 11 is 0. The molecule has 1 unspecified atom stereocenters. The quantitative estimate of drug-likeness (QED) is 0.425. The first-order chi connectivity index (χ1) is 7.85. The van der Waals surface area contributed by atoms with Crippen molar-refractivity contribution in [2.24, 2.45) is 23.2 Å². The maximum atomic E-state index is 2.53. The fourth-order valence-corrected chi connectivity index (χ4v) is 2.42. The lowest BCUT2D eigenvalue weighted by atomic mass is 9.76. The molecule has 1 atom stereocenters. The van der Waals surface area contributed by atoms with Crippen LogP contribution in [-0.2, 0) is 0 Å². The third-order valence-electron chi connectivity index (χ3n) is 4.91. The number of rotatable bonds is 9. The van der Waals surface area contributed by atoms with Gasteiger partial charge in [-0.2, -0.15) is 0 Å². The average molecular weight is 239 g/mol. The summed E-state index contributed by atoms with van der Waals surface area (Å²) in [4.78, 5) is 0. The largest absolute Gasteiger partial charge is 0.0651 e. The van der Waals surface area contributed by atoms with Gasteiger partial charge in [0.25, 0.3) is 0 Å². The minimum atomic E-state index is 0.470. The van der Waals surface area contributed by atoms with E-state index < -0.39 is 0 Å². The van der Waals surface area contributed by atoms with Gasteiger partial charge in [0.2, 0.25) is 0 Å². The first-order valence-corrected chi connectivity index (χ1v) is 7.66. The van der Waals surface area contributed by atoms with Gasteiger partial charge >= 0.3 is 0 Å². The summed E-state index contributed by atoms with van der Waals surface area (Å²) in [7, 11) is 0. The van der Waals surface area contributed by atoms with Crippen LogP contribution in [0, 0.1) is 29.6 Å². The van der Waals surface area contributed by atoms with E-state index in [0.29, 0.717) is 5.41 Å². The first-order valence-electron chi connectivity index (χ1n) is 7.66. The maximum Gasteiger partial charge on any atom is -0.0328 e. The van der Waals surface area contributed by atoms with Crippen LogP contribution < -0.4 is 0 Å². The second-order valence-electron chi connectivity index (χ2n) is 6.77. The zero-order valence-corrected chi connectivity index (χ0v) is 13.3. The van der Waals surface area contributed by atoms with Crippen LogP contribution in [0.5, 0.6) is 0 Å². The van der Waals surface area contributed by atoms with Gasteiger partial charge in [0, 0.05) is 0 Å². The second kappa shape index (κ2) is 8.16. The fourth-order valence-electron chi connectivity index (χ4n) is 2.42. The Morgan fingerprint density at radius 3 is 1.94 bits per heavy atom. The molecule has 0 spiro atoms. The third kappa shape index (κ3) is 6.48. The number of hydrogen-bond acceptors (Lipinski definition) is 0. The molecule has 0 heterocycles. The summed E-state index contributed by atoms with van der Waals surface area (Å²) in [6.07, 6.45) is 9.15. The van der Waals surface area contributed by atoms with Gasteiger partial charge in [0.1, 0.15) is 0 Å². The van der Waals surface area contributed by atoms with E-state index in [4.69, 9.17) is 0 Å². The third-order valence-corrected chi connectivity index (χ3v) is 4.91. The molecule has 0 amide bonds. The number of hydrogen-bond donors (Lipinski definition) is 0. The Bertz CT molecular complexity index is 174. The van der Waals surface area contributed by atoms with Crippen molar-refractivity contribution in [2.45, 2.75) is 80.6 Å². The Kier molecular flexibility index (Phi) is 8.16. The normalized spacial score (nSPS) is 14.6. The second-order valence-corrected chi connectivity index (χ2v) is 6.77. The predicted octanol–water partition coefficient (Wildman–Crippen LogP) is 6.12. The lowest BCUT2D eigenvalue weighted by Crippen LogP contribution is -2.19. The van der Waals surface area contributed by atoms with Crippen LogP contribution in [0.1, 0.15) is 80.6 Å². The van der Waals surface area contributed by atoms with E-state index in [1.54, 1.807) is 0 Å². The summed E-state index contributed by atoms with van der Waals surface area (Å²) in [6.45, 7) is 16.5. The van der Waals surface area contributed by atoms with Crippen molar-refractivity contribution in [2.75, 3.05) is 0 Å². The lowest BCUT2D eigenvalue weighted by molar-refractivity contribution is 0.240. The van der Waals surface area contributed by atoms with E-state index in [0.717, 1.165) is 17.8 Å². The van der Waals surface area contributed by atoms with Gasteiger partial charge in [0.15, 0.2) is 0 Å². The molecule has 0 aromatic carbocycles. The molecule has 1 radical (unpaired) electrons.